The molecule has 20 heavy (non-hydrogen) atoms. The molecule has 106 valence electrons. The van der Waals surface area contributed by atoms with Gasteiger partial charge in [0.15, 0.2) is 11.6 Å². The van der Waals surface area contributed by atoms with Gasteiger partial charge in [-0.15, -0.1) is 11.3 Å². The van der Waals surface area contributed by atoms with Crippen LogP contribution in [0.2, 0.25) is 0 Å². The van der Waals surface area contributed by atoms with Gasteiger partial charge in [0.1, 0.15) is 0 Å². The van der Waals surface area contributed by atoms with Crippen molar-refractivity contribution >= 4 is 49.1 Å². The number of hydrogen-bond acceptors (Lipinski definition) is 2. The van der Waals surface area contributed by atoms with Gasteiger partial charge in [-0.25, -0.2) is 8.78 Å². The molecule has 1 amide bonds. The summed E-state index contributed by atoms with van der Waals surface area (Å²) in [5.74, 6) is -1.98. The van der Waals surface area contributed by atoms with Crippen molar-refractivity contribution < 1.29 is 13.6 Å². The monoisotopic (exact) mass is 423 g/mol. The van der Waals surface area contributed by atoms with E-state index in [0.717, 1.165) is 20.4 Å². The second kappa shape index (κ2) is 6.32. The van der Waals surface area contributed by atoms with Crippen LogP contribution in [0.1, 0.15) is 15.2 Å². The van der Waals surface area contributed by atoms with E-state index in [4.69, 9.17) is 0 Å². The Kier molecular flexibility index (Phi) is 4.93. The topological polar surface area (TPSA) is 20.3 Å². The normalized spacial score (nSPS) is 10.7. The number of benzene rings is 1. The van der Waals surface area contributed by atoms with E-state index >= 15 is 0 Å². The molecule has 1 aromatic heterocycles. The molecule has 2 nitrogen and oxygen atoms in total. The van der Waals surface area contributed by atoms with Gasteiger partial charge in [-0.1, -0.05) is 6.07 Å². The minimum absolute atomic E-state index is 0.175. The first-order valence-electron chi connectivity index (χ1n) is 5.52. The van der Waals surface area contributed by atoms with Crippen molar-refractivity contribution in [3.63, 3.8) is 0 Å². The lowest BCUT2D eigenvalue weighted by molar-refractivity contribution is 0.0789. The number of carbonyl (C=O) groups is 1. The summed E-state index contributed by atoms with van der Waals surface area (Å²) in [7, 11) is 1.62. The van der Waals surface area contributed by atoms with Crippen LogP contribution < -0.4 is 0 Å². The second-order valence-electron chi connectivity index (χ2n) is 4.14. The Morgan fingerprint density at radius 2 is 1.95 bits per heavy atom. The average Bonchev–Trinajstić information content (AvgIpc) is 2.73. The van der Waals surface area contributed by atoms with Gasteiger partial charge in [0.05, 0.1) is 8.66 Å². The molecule has 0 spiro atoms. The highest BCUT2D eigenvalue weighted by atomic mass is 79.9. The van der Waals surface area contributed by atoms with Gasteiger partial charge in [0.2, 0.25) is 0 Å². The minimum Gasteiger partial charge on any atom is -0.337 e. The summed E-state index contributed by atoms with van der Waals surface area (Å²) in [6.45, 7) is 0.211. The average molecular weight is 425 g/mol. The maximum atomic E-state index is 13.1. The Morgan fingerprint density at radius 3 is 2.50 bits per heavy atom. The van der Waals surface area contributed by atoms with Crippen molar-refractivity contribution in [2.45, 2.75) is 6.54 Å². The number of carbonyl (C=O) groups excluding carboxylic acids is 1. The second-order valence-corrected chi connectivity index (χ2v) is 7.37. The largest absolute Gasteiger partial charge is 0.337 e. The number of nitrogens with zero attached hydrogens (tertiary/aromatic N) is 1. The Morgan fingerprint density at radius 1 is 1.25 bits per heavy atom. The molecule has 0 radical (unpaired) electrons. The standard InChI is InChI=1S/C13H9Br2F2NOS/c1-18(6-7-2-3-9(16)10(17)4-7)13(19)11-5-8(14)12(15)20-11/h2-5H,6H2,1H3. The molecule has 0 bridgehead atoms. The van der Waals surface area contributed by atoms with E-state index in [1.807, 2.05) is 0 Å². The molecule has 0 unspecified atom stereocenters. The van der Waals surface area contributed by atoms with Gasteiger partial charge in [-0.05, 0) is 55.6 Å². The van der Waals surface area contributed by atoms with E-state index in [1.54, 1.807) is 13.1 Å². The van der Waals surface area contributed by atoms with E-state index in [2.05, 4.69) is 31.9 Å². The fourth-order valence-electron chi connectivity index (χ4n) is 1.62. The molecule has 0 N–H and O–H groups in total. The fraction of sp³-hybridized carbons (Fsp3) is 0.154. The van der Waals surface area contributed by atoms with Gasteiger partial charge in [0.25, 0.3) is 5.91 Å². The summed E-state index contributed by atoms with van der Waals surface area (Å²) >= 11 is 7.96. The molecule has 0 saturated carbocycles. The lowest BCUT2D eigenvalue weighted by Crippen LogP contribution is -2.25. The molecule has 1 aromatic carbocycles. The maximum Gasteiger partial charge on any atom is 0.264 e. The van der Waals surface area contributed by atoms with Gasteiger partial charge < -0.3 is 4.90 Å². The van der Waals surface area contributed by atoms with Crippen LogP contribution in [-0.2, 0) is 6.54 Å². The number of halogens is 4. The number of thiophene rings is 1. The third kappa shape index (κ3) is 3.45. The number of hydrogen-bond donors (Lipinski definition) is 0. The van der Waals surface area contributed by atoms with Crippen molar-refractivity contribution in [2.24, 2.45) is 0 Å². The number of rotatable bonds is 3. The van der Waals surface area contributed by atoms with E-state index in [1.165, 1.54) is 22.3 Å². The lowest BCUT2D eigenvalue weighted by Gasteiger charge is -2.16. The zero-order chi connectivity index (χ0) is 14.9. The van der Waals surface area contributed by atoms with Crippen LogP contribution in [0.25, 0.3) is 0 Å². The molecular formula is C13H9Br2F2NOS. The molecule has 2 rings (SSSR count). The first kappa shape index (κ1) is 15.6. The Hall–Kier alpha value is -0.790. The predicted octanol–water partition coefficient (Wildman–Crippen LogP) is 4.82. The van der Waals surface area contributed by atoms with Crippen molar-refractivity contribution in [1.29, 1.82) is 0 Å². The first-order valence-corrected chi connectivity index (χ1v) is 7.93. The summed E-state index contributed by atoms with van der Waals surface area (Å²) in [5.41, 5.74) is 0.537. The molecule has 0 aliphatic rings. The van der Waals surface area contributed by atoms with E-state index < -0.39 is 11.6 Å². The van der Waals surface area contributed by atoms with Crippen LogP contribution in [0.3, 0.4) is 0 Å². The van der Waals surface area contributed by atoms with Crippen molar-refractivity contribution in [3.05, 3.63) is 54.6 Å². The molecular weight excluding hydrogens is 416 g/mol. The van der Waals surface area contributed by atoms with Crippen molar-refractivity contribution in [2.75, 3.05) is 7.05 Å². The zero-order valence-electron chi connectivity index (χ0n) is 10.3. The highest BCUT2D eigenvalue weighted by Crippen LogP contribution is 2.33. The molecule has 0 fully saturated rings. The quantitative estimate of drug-likeness (QED) is 0.691. The van der Waals surface area contributed by atoms with Crippen LogP contribution in [0.15, 0.2) is 32.5 Å². The van der Waals surface area contributed by atoms with E-state index in [0.29, 0.717) is 10.4 Å². The summed E-state index contributed by atoms with van der Waals surface area (Å²) in [6, 6.07) is 5.34. The maximum absolute atomic E-state index is 13.1. The summed E-state index contributed by atoms with van der Waals surface area (Å²) in [4.78, 5) is 14.2. The lowest BCUT2D eigenvalue weighted by atomic mass is 10.2. The third-order valence-electron chi connectivity index (χ3n) is 2.61. The van der Waals surface area contributed by atoms with Gasteiger partial charge in [-0.2, -0.15) is 0 Å². The Balaban J connectivity index is 2.13. The Bertz CT molecular complexity index is 640. The summed E-state index contributed by atoms with van der Waals surface area (Å²) in [6.07, 6.45) is 0. The highest BCUT2D eigenvalue weighted by molar-refractivity contribution is 9.13. The molecule has 0 saturated heterocycles. The van der Waals surface area contributed by atoms with E-state index in [9.17, 15) is 13.6 Å². The van der Waals surface area contributed by atoms with Crippen molar-refractivity contribution in [1.82, 2.24) is 4.90 Å². The molecule has 1 heterocycles. The predicted molar refractivity (Wildman–Crippen MR) is 81.9 cm³/mol. The molecule has 7 heteroatoms. The van der Waals surface area contributed by atoms with Crippen molar-refractivity contribution in [3.8, 4) is 0 Å². The SMILES string of the molecule is CN(Cc1ccc(F)c(F)c1)C(=O)c1cc(Br)c(Br)s1. The minimum atomic E-state index is -0.912. The fourth-order valence-corrected chi connectivity index (χ4v) is 3.65. The molecule has 0 atom stereocenters. The summed E-state index contributed by atoms with van der Waals surface area (Å²) < 4.78 is 27.6. The number of amides is 1. The molecule has 2 aromatic rings. The van der Waals surface area contributed by atoms with Crippen LogP contribution in [0, 0.1) is 11.6 Å². The van der Waals surface area contributed by atoms with Crippen LogP contribution in [-0.4, -0.2) is 17.9 Å². The van der Waals surface area contributed by atoms with E-state index in [-0.39, 0.29) is 12.5 Å². The van der Waals surface area contributed by atoms with Crippen LogP contribution in [0.4, 0.5) is 8.78 Å². The van der Waals surface area contributed by atoms with Crippen LogP contribution in [0.5, 0.6) is 0 Å². The third-order valence-corrected chi connectivity index (χ3v) is 5.85. The van der Waals surface area contributed by atoms with Crippen LogP contribution >= 0.6 is 43.2 Å². The van der Waals surface area contributed by atoms with Gasteiger partial charge >= 0.3 is 0 Å². The van der Waals surface area contributed by atoms with Gasteiger partial charge in [0, 0.05) is 18.1 Å². The zero-order valence-corrected chi connectivity index (χ0v) is 14.3. The molecule has 0 aliphatic carbocycles. The Labute approximate surface area is 135 Å². The molecule has 0 aliphatic heterocycles. The highest BCUT2D eigenvalue weighted by Gasteiger charge is 2.17. The van der Waals surface area contributed by atoms with Gasteiger partial charge in [-0.3, -0.25) is 4.79 Å². The summed E-state index contributed by atoms with van der Waals surface area (Å²) in [5, 5.41) is 0. The first-order chi connectivity index (χ1) is 9.38. The smallest absolute Gasteiger partial charge is 0.264 e.